The molecule has 2 aromatic carbocycles. The monoisotopic (exact) mass is 319 g/mol. The lowest BCUT2D eigenvalue weighted by Crippen LogP contribution is -2.29. The summed E-state index contributed by atoms with van der Waals surface area (Å²) >= 11 is 0. The van der Waals surface area contributed by atoms with E-state index in [1.54, 1.807) is 18.2 Å². The van der Waals surface area contributed by atoms with Crippen LogP contribution in [-0.2, 0) is 6.42 Å². The number of rotatable bonds is 6. The fraction of sp³-hybridized carbons (Fsp3) is 0.278. The number of halogens is 1. The molecule has 0 spiro atoms. The number of hydrogen-bond donors (Lipinski definition) is 1. The van der Waals surface area contributed by atoms with Crippen LogP contribution in [0.4, 0.5) is 0 Å². The average Bonchev–Trinajstić information content (AvgIpc) is 2.46. The van der Waals surface area contributed by atoms with Crippen molar-refractivity contribution in [2.24, 2.45) is 5.92 Å². The third-order valence-electron chi connectivity index (χ3n) is 3.41. The van der Waals surface area contributed by atoms with Gasteiger partial charge in [-0.15, -0.1) is 12.4 Å². The van der Waals surface area contributed by atoms with Crippen LogP contribution in [0.1, 0.15) is 15.9 Å². The lowest BCUT2D eigenvalue weighted by Gasteiger charge is -2.20. The highest BCUT2D eigenvalue weighted by Crippen LogP contribution is 2.19. The number of nitrogens with zero attached hydrogens (tertiary/aromatic N) is 1. The Labute approximate surface area is 138 Å². The van der Waals surface area contributed by atoms with Crippen molar-refractivity contribution in [2.75, 3.05) is 20.6 Å². The molecule has 2 rings (SSSR count). The van der Waals surface area contributed by atoms with Gasteiger partial charge in [-0.1, -0.05) is 42.5 Å². The highest BCUT2D eigenvalue weighted by atomic mass is 35.5. The van der Waals surface area contributed by atoms with Crippen LogP contribution in [0.2, 0.25) is 0 Å². The fourth-order valence-corrected chi connectivity index (χ4v) is 2.47. The summed E-state index contributed by atoms with van der Waals surface area (Å²) in [6.45, 7) is 0.684. The van der Waals surface area contributed by atoms with Crippen LogP contribution >= 0.6 is 12.4 Å². The summed E-state index contributed by atoms with van der Waals surface area (Å²) in [4.78, 5) is 14.7. The van der Waals surface area contributed by atoms with Crippen molar-refractivity contribution in [3.8, 4) is 5.75 Å². The molecule has 0 radical (unpaired) electrons. The maximum atomic E-state index is 12.7. The second-order valence-corrected chi connectivity index (χ2v) is 5.56. The molecule has 0 heterocycles. The second kappa shape index (κ2) is 8.57. The van der Waals surface area contributed by atoms with Crippen molar-refractivity contribution in [1.82, 2.24) is 4.90 Å². The molecule has 118 valence electrons. The first-order valence-electron chi connectivity index (χ1n) is 7.08. The lowest BCUT2D eigenvalue weighted by atomic mass is 9.91. The zero-order valence-corrected chi connectivity index (χ0v) is 13.7. The minimum absolute atomic E-state index is 0. The Morgan fingerprint density at radius 2 is 1.77 bits per heavy atom. The van der Waals surface area contributed by atoms with Crippen LogP contribution in [0.25, 0.3) is 0 Å². The van der Waals surface area contributed by atoms with Gasteiger partial charge in [0.25, 0.3) is 0 Å². The largest absolute Gasteiger partial charge is 0.508 e. The van der Waals surface area contributed by atoms with Crippen LogP contribution in [0.3, 0.4) is 0 Å². The van der Waals surface area contributed by atoms with E-state index in [1.165, 1.54) is 6.07 Å². The molecule has 0 bridgehead atoms. The number of aromatic hydroxyl groups is 1. The molecule has 0 saturated heterocycles. The molecule has 22 heavy (non-hydrogen) atoms. The normalized spacial score (nSPS) is 11.8. The molecule has 1 atom stereocenters. The average molecular weight is 320 g/mol. The Bertz CT molecular complexity index is 599. The van der Waals surface area contributed by atoms with Crippen LogP contribution in [0, 0.1) is 5.92 Å². The van der Waals surface area contributed by atoms with Gasteiger partial charge in [-0.2, -0.15) is 0 Å². The Kier molecular flexibility index (Phi) is 7.09. The first-order chi connectivity index (χ1) is 10.1. The fourth-order valence-electron chi connectivity index (χ4n) is 2.47. The molecule has 0 aromatic heterocycles. The highest BCUT2D eigenvalue weighted by molar-refractivity contribution is 5.98. The highest BCUT2D eigenvalue weighted by Gasteiger charge is 2.21. The van der Waals surface area contributed by atoms with E-state index in [4.69, 9.17) is 0 Å². The first kappa shape index (κ1) is 18.2. The summed E-state index contributed by atoms with van der Waals surface area (Å²) in [6, 6.07) is 16.6. The molecule has 3 nitrogen and oxygen atoms in total. The van der Waals surface area contributed by atoms with Crippen LogP contribution in [-0.4, -0.2) is 36.4 Å². The predicted octanol–water partition coefficient (Wildman–Crippen LogP) is 3.42. The number of carbonyl (C=O) groups excluding carboxylic acids is 1. The molecule has 1 unspecified atom stereocenters. The number of Topliss-reactive ketones (excluding diaryl/α,β-unsaturated/α-hetero) is 1. The topological polar surface area (TPSA) is 40.5 Å². The predicted molar refractivity (Wildman–Crippen MR) is 91.9 cm³/mol. The zero-order chi connectivity index (χ0) is 15.2. The molecule has 4 heteroatoms. The maximum absolute atomic E-state index is 12.7. The van der Waals surface area contributed by atoms with E-state index in [0.717, 1.165) is 5.56 Å². The number of phenols is 1. The maximum Gasteiger partial charge on any atom is 0.167 e. The number of phenolic OH excluding ortho intramolecular Hbond substituents is 1. The van der Waals surface area contributed by atoms with Gasteiger partial charge >= 0.3 is 0 Å². The molecule has 0 fully saturated rings. The molecule has 0 aliphatic rings. The van der Waals surface area contributed by atoms with Gasteiger partial charge in [0.15, 0.2) is 5.78 Å². The van der Waals surface area contributed by atoms with Gasteiger partial charge in [-0.05, 0) is 38.2 Å². The van der Waals surface area contributed by atoms with Crippen LogP contribution < -0.4 is 0 Å². The molecule has 2 aromatic rings. The summed E-state index contributed by atoms with van der Waals surface area (Å²) in [7, 11) is 3.93. The third-order valence-corrected chi connectivity index (χ3v) is 3.41. The molecular formula is C18H22ClNO2. The van der Waals surface area contributed by atoms with E-state index in [0.29, 0.717) is 18.5 Å². The van der Waals surface area contributed by atoms with Crippen molar-refractivity contribution < 1.29 is 9.90 Å². The van der Waals surface area contributed by atoms with Gasteiger partial charge in [0.1, 0.15) is 5.75 Å². The van der Waals surface area contributed by atoms with E-state index >= 15 is 0 Å². The van der Waals surface area contributed by atoms with Crippen molar-refractivity contribution in [3.05, 3.63) is 65.7 Å². The first-order valence-corrected chi connectivity index (χ1v) is 7.08. The third kappa shape index (κ3) is 5.17. The van der Waals surface area contributed by atoms with Gasteiger partial charge in [0.2, 0.25) is 0 Å². The molecule has 0 saturated carbocycles. The smallest absolute Gasteiger partial charge is 0.167 e. The summed E-state index contributed by atoms with van der Waals surface area (Å²) in [5, 5.41) is 9.55. The van der Waals surface area contributed by atoms with E-state index in [9.17, 15) is 9.90 Å². The van der Waals surface area contributed by atoms with E-state index < -0.39 is 0 Å². The molecule has 1 N–H and O–H groups in total. The lowest BCUT2D eigenvalue weighted by molar-refractivity contribution is 0.0896. The number of benzene rings is 2. The van der Waals surface area contributed by atoms with E-state index in [1.807, 2.05) is 49.3 Å². The minimum atomic E-state index is -0.121. The van der Waals surface area contributed by atoms with Crippen molar-refractivity contribution >= 4 is 18.2 Å². The van der Waals surface area contributed by atoms with Crippen molar-refractivity contribution in [3.63, 3.8) is 0 Å². The Hall–Kier alpha value is -1.84. The Balaban J connectivity index is 0.00000242. The van der Waals surface area contributed by atoms with Crippen molar-refractivity contribution in [1.29, 1.82) is 0 Å². The standard InChI is InChI=1S/C18H21NO2.ClH/c1-19(2)13-16(11-14-7-4-3-5-8-14)18(21)15-9-6-10-17(20)12-15;/h3-10,12,16,20H,11,13H2,1-2H3;1H. The number of carbonyl (C=O) groups is 1. The summed E-state index contributed by atoms with van der Waals surface area (Å²) < 4.78 is 0. The summed E-state index contributed by atoms with van der Waals surface area (Å²) in [5.41, 5.74) is 1.72. The Morgan fingerprint density at radius 3 is 2.36 bits per heavy atom. The quantitative estimate of drug-likeness (QED) is 0.829. The van der Waals surface area contributed by atoms with Gasteiger partial charge in [0.05, 0.1) is 0 Å². The van der Waals surface area contributed by atoms with E-state index in [2.05, 4.69) is 0 Å². The second-order valence-electron chi connectivity index (χ2n) is 5.56. The van der Waals surface area contributed by atoms with Crippen molar-refractivity contribution in [2.45, 2.75) is 6.42 Å². The van der Waals surface area contributed by atoms with Gasteiger partial charge in [0, 0.05) is 18.0 Å². The molecule has 0 aliphatic carbocycles. The Morgan fingerprint density at radius 1 is 1.09 bits per heavy atom. The zero-order valence-electron chi connectivity index (χ0n) is 12.9. The van der Waals surface area contributed by atoms with Crippen LogP contribution in [0.15, 0.2) is 54.6 Å². The van der Waals surface area contributed by atoms with Crippen LogP contribution in [0.5, 0.6) is 5.75 Å². The SMILES string of the molecule is CN(C)CC(Cc1ccccc1)C(=O)c1cccc(O)c1.Cl. The summed E-state index contributed by atoms with van der Waals surface area (Å²) in [5.74, 6) is 0.0804. The number of hydrogen-bond acceptors (Lipinski definition) is 3. The van der Waals surface area contributed by atoms with Gasteiger partial charge < -0.3 is 10.0 Å². The van der Waals surface area contributed by atoms with Gasteiger partial charge in [-0.25, -0.2) is 0 Å². The molecule has 0 amide bonds. The molecule has 0 aliphatic heterocycles. The van der Waals surface area contributed by atoms with Gasteiger partial charge in [-0.3, -0.25) is 4.79 Å². The minimum Gasteiger partial charge on any atom is -0.508 e. The summed E-state index contributed by atoms with van der Waals surface area (Å²) in [6.07, 6.45) is 0.702. The number of ketones is 1. The molecular weight excluding hydrogens is 298 g/mol. The van der Waals surface area contributed by atoms with E-state index in [-0.39, 0.29) is 29.9 Å².